The van der Waals surface area contributed by atoms with Gasteiger partial charge in [-0.05, 0) is 24.6 Å². The molecule has 2 atom stereocenters. The summed E-state index contributed by atoms with van der Waals surface area (Å²) in [6.07, 6.45) is 0. The minimum atomic E-state index is 0.189. The van der Waals surface area contributed by atoms with E-state index >= 15 is 0 Å². The lowest BCUT2D eigenvalue weighted by atomic mass is 10.0. The predicted molar refractivity (Wildman–Crippen MR) is 73.7 cm³/mol. The lowest BCUT2D eigenvalue weighted by Gasteiger charge is -2.24. The van der Waals surface area contributed by atoms with E-state index < -0.39 is 0 Å². The van der Waals surface area contributed by atoms with Gasteiger partial charge in [0.1, 0.15) is 0 Å². The van der Waals surface area contributed by atoms with Crippen molar-refractivity contribution in [1.82, 2.24) is 0 Å². The van der Waals surface area contributed by atoms with Crippen molar-refractivity contribution in [3.8, 4) is 0 Å². The molecule has 1 aromatic rings. The van der Waals surface area contributed by atoms with Crippen LogP contribution in [0.15, 0.2) is 18.2 Å². The number of nitrogens with two attached hydrogens (primary N) is 1. The van der Waals surface area contributed by atoms with Crippen molar-refractivity contribution in [2.45, 2.75) is 19.9 Å². The summed E-state index contributed by atoms with van der Waals surface area (Å²) in [5.74, 6) is 0.352. The first-order valence-electron chi connectivity index (χ1n) is 5.80. The Balaban J connectivity index is 2.70. The van der Waals surface area contributed by atoms with Crippen molar-refractivity contribution in [2.75, 3.05) is 25.6 Å². The Morgan fingerprint density at radius 2 is 2.18 bits per heavy atom. The fraction of sp³-hybridized carbons (Fsp3) is 0.538. The SMILES string of the molecule is COCC(C)C(CN)Nc1ccc(C)c(Cl)c1. The number of halogens is 1. The average molecular weight is 257 g/mol. The number of hydrogen-bond acceptors (Lipinski definition) is 3. The Hall–Kier alpha value is -0.770. The van der Waals surface area contributed by atoms with Crippen molar-refractivity contribution in [3.63, 3.8) is 0 Å². The number of methoxy groups -OCH3 is 1. The third-order valence-electron chi connectivity index (χ3n) is 2.89. The van der Waals surface area contributed by atoms with Crippen LogP contribution in [0.25, 0.3) is 0 Å². The summed E-state index contributed by atoms with van der Waals surface area (Å²) >= 11 is 6.09. The zero-order valence-corrected chi connectivity index (χ0v) is 11.4. The minimum Gasteiger partial charge on any atom is -0.384 e. The topological polar surface area (TPSA) is 47.3 Å². The van der Waals surface area contributed by atoms with Gasteiger partial charge in [-0.25, -0.2) is 0 Å². The van der Waals surface area contributed by atoms with Gasteiger partial charge in [-0.3, -0.25) is 0 Å². The van der Waals surface area contributed by atoms with Crippen molar-refractivity contribution in [2.24, 2.45) is 11.7 Å². The monoisotopic (exact) mass is 256 g/mol. The molecule has 17 heavy (non-hydrogen) atoms. The maximum Gasteiger partial charge on any atom is 0.0507 e. The number of anilines is 1. The summed E-state index contributed by atoms with van der Waals surface area (Å²) in [5, 5.41) is 4.16. The maximum absolute atomic E-state index is 6.09. The fourth-order valence-corrected chi connectivity index (χ4v) is 1.89. The number of nitrogens with one attached hydrogen (secondary N) is 1. The third-order valence-corrected chi connectivity index (χ3v) is 3.30. The van der Waals surface area contributed by atoms with Crippen LogP contribution in [0.1, 0.15) is 12.5 Å². The molecule has 0 saturated heterocycles. The van der Waals surface area contributed by atoms with E-state index in [-0.39, 0.29) is 6.04 Å². The number of ether oxygens (including phenoxy) is 1. The van der Waals surface area contributed by atoms with Gasteiger partial charge in [-0.15, -0.1) is 0 Å². The highest BCUT2D eigenvalue weighted by atomic mass is 35.5. The highest BCUT2D eigenvalue weighted by molar-refractivity contribution is 6.31. The molecule has 0 radical (unpaired) electrons. The lowest BCUT2D eigenvalue weighted by Crippen LogP contribution is -2.37. The Morgan fingerprint density at radius 1 is 1.47 bits per heavy atom. The fourth-order valence-electron chi connectivity index (χ4n) is 1.71. The van der Waals surface area contributed by atoms with E-state index in [4.69, 9.17) is 22.1 Å². The normalized spacial score (nSPS) is 14.4. The summed E-state index contributed by atoms with van der Waals surface area (Å²) in [5.41, 5.74) is 7.84. The van der Waals surface area contributed by atoms with Crippen LogP contribution in [0.4, 0.5) is 5.69 Å². The highest BCUT2D eigenvalue weighted by Crippen LogP contribution is 2.21. The molecule has 0 aliphatic rings. The summed E-state index contributed by atoms with van der Waals surface area (Å²) in [4.78, 5) is 0. The Labute approximate surface area is 108 Å². The molecule has 1 rings (SSSR count). The van der Waals surface area contributed by atoms with Crippen LogP contribution in [0.2, 0.25) is 5.02 Å². The molecule has 0 saturated carbocycles. The molecule has 96 valence electrons. The number of aryl methyl sites for hydroxylation is 1. The van der Waals surface area contributed by atoms with E-state index in [1.807, 2.05) is 25.1 Å². The molecule has 0 aliphatic heterocycles. The van der Waals surface area contributed by atoms with Gasteiger partial charge in [-0.2, -0.15) is 0 Å². The molecule has 3 N–H and O–H groups in total. The molecule has 0 aliphatic carbocycles. The van der Waals surface area contributed by atoms with Crippen LogP contribution in [0, 0.1) is 12.8 Å². The van der Waals surface area contributed by atoms with Gasteiger partial charge in [0.2, 0.25) is 0 Å². The van der Waals surface area contributed by atoms with E-state index in [1.54, 1.807) is 7.11 Å². The number of hydrogen-bond donors (Lipinski definition) is 2. The molecule has 0 amide bonds. The summed E-state index contributed by atoms with van der Waals surface area (Å²) < 4.78 is 5.15. The van der Waals surface area contributed by atoms with Crippen LogP contribution in [-0.2, 0) is 4.74 Å². The standard InChI is InChI=1S/C13H21ClN2O/c1-9-4-5-11(6-12(9)14)16-13(7-15)10(2)8-17-3/h4-6,10,13,16H,7-8,15H2,1-3H3. The summed E-state index contributed by atoms with van der Waals surface area (Å²) in [7, 11) is 1.70. The predicted octanol–water partition coefficient (Wildman–Crippen LogP) is 2.67. The van der Waals surface area contributed by atoms with Gasteiger partial charge in [0, 0.05) is 36.3 Å². The van der Waals surface area contributed by atoms with Crippen molar-refractivity contribution in [3.05, 3.63) is 28.8 Å². The van der Waals surface area contributed by atoms with Gasteiger partial charge in [-0.1, -0.05) is 24.6 Å². The molecule has 4 heteroatoms. The largest absolute Gasteiger partial charge is 0.384 e. The van der Waals surface area contributed by atoms with E-state index in [0.717, 1.165) is 16.3 Å². The second-order valence-electron chi connectivity index (χ2n) is 4.38. The van der Waals surface area contributed by atoms with Crippen LogP contribution in [0.3, 0.4) is 0 Å². The first-order valence-corrected chi connectivity index (χ1v) is 6.18. The molecular weight excluding hydrogens is 236 g/mol. The van der Waals surface area contributed by atoms with E-state index in [9.17, 15) is 0 Å². The Morgan fingerprint density at radius 3 is 2.71 bits per heavy atom. The molecule has 0 spiro atoms. The first kappa shape index (κ1) is 14.3. The van der Waals surface area contributed by atoms with Crippen molar-refractivity contribution >= 4 is 17.3 Å². The van der Waals surface area contributed by atoms with E-state index in [0.29, 0.717) is 19.1 Å². The van der Waals surface area contributed by atoms with E-state index in [1.165, 1.54) is 0 Å². The molecular formula is C13H21ClN2O. The molecule has 3 nitrogen and oxygen atoms in total. The zero-order valence-electron chi connectivity index (χ0n) is 10.7. The first-order chi connectivity index (χ1) is 8.08. The van der Waals surface area contributed by atoms with Crippen LogP contribution in [0.5, 0.6) is 0 Å². The Kier molecular flexibility index (Phi) is 5.75. The quantitative estimate of drug-likeness (QED) is 0.823. The minimum absolute atomic E-state index is 0.189. The smallest absolute Gasteiger partial charge is 0.0507 e. The van der Waals surface area contributed by atoms with Crippen LogP contribution in [-0.4, -0.2) is 26.3 Å². The summed E-state index contributed by atoms with van der Waals surface area (Å²) in [6, 6.07) is 6.13. The lowest BCUT2D eigenvalue weighted by molar-refractivity contribution is 0.151. The van der Waals surface area contributed by atoms with Gasteiger partial charge in [0.05, 0.1) is 6.61 Å². The molecule has 0 heterocycles. The van der Waals surface area contributed by atoms with Crippen molar-refractivity contribution < 1.29 is 4.74 Å². The third kappa shape index (κ3) is 4.19. The van der Waals surface area contributed by atoms with Crippen LogP contribution < -0.4 is 11.1 Å². The molecule has 0 bridgehead atoms. The van der Waals surface area contributed by atoms with Crippen LogP contribution >= 0.6 is 11.6 Å². The second-order valence-corrected chi connectivity index (χ2v) is 4.79. The molecule has 0 aromatic heterocycles. The molecule has 1 aromatic carbocycles. The van der Waals surface area contributed by atoms with Gasteiger partial charge in [0.25, 0.3) is 0 Å². The zero-order chi connectivity index (χ0) is 12.8. The molecule has 0 fully saturated rings. The van der Waals surface area contributed by atoms with E-state index in [2.05, 4.69) is 12.2 Å². The van der Waals surface area contributed by atoms with Gasteiger partial charge >= 0.3 is 0 Å². The second kappa shape index (κ2) is 6.84. The van der Waals surface area contributed by atoms with Crippen molar-refractivity contribution in [1.29, 1.82) is 0 Å². The number of benzene rings is 1. The summed E-state index contributed by atoms with van der Waals surface area (Å²) in [6.45, 7) is 5.36. The number of rotatable bonds is 6. The van der Waals surface area contributed by atoms with Gasteiger partial charge < -0.3 is 15.8 Å². The Bertz CT molecular complexity index is 357. The van der Waals surface area contributed by atoms with Gasteiger partial charge in [0.15, 0.2) is 0 Å². The highest BCUT2D eigenvalue weighted by Gasteiger charge is 2.15. The molecule has 2 unspecified atom stereocenters. The average Bonchev–Trinajstić information content (AvgIpc) is 2.30. The maximum atomic E-state index is 6.09.